The normalized spacial score (nSPS) is 10.8. The molecule has 2 heterocycles. The SMILES string of the molecule is Cc1cc(=O)oc2cc(OCC(=O)OCc3nc4ccccc4c(=O)n3CC#N)ccc12. The van der Waals surface area contributed by atoms with Crippen LogP contribution >= 0.6 is 0 Å². The third-order valence-electron chi connectivity index (χ3n) is 4.81. The Labute approximate surface area is 181 Å². The molecule has 4 rings (SSSR count). The van der Waals surface area contributed by atoms with Gasteiger partial charge in [-0.05, 0) is 36.8 Å². The first-order valence-corrected chi connectivity index (χ1v) is 9.64. The van der Waals surface area contributed by atoms with Gasteiger partial charge in [0.1, 0.15) is 24.5 Å². The Morgan fingerprint density at radius 3 is 2.78 bits per heavy atom. The maximum atomic E-state index is 12.6. The smallest absolute Gasteiger partial charge is 0.344 e. The molecule has 0 aliphatic rings. The third kappa shape index (κ3) is 4.20. The van der Waals surface area contributed by atoms with Gasteiger partial charge in [0.25, 0.3) is 5.56 Å². The molecule has 2 aromatic carbocycles. The summed E-state index contributed by atoms with van der Waals surface area (Å²) in [6.45, 7) is 0.874. The fourth-order valence-corrected chi connectivity index (χ4v) is 3.28. The van der Waals surface area contributed by atoms with Gasteiger partial charge in [0.2, 0.25) is 0 Å². The van der Waals surface area contributed by atoms with E-state index in [-0.39, 0.29) is 24.5 Å². The Bertz CT molecular complexity index is 1500. The van der Waals surface area contributed by atoms with E-state index in [1.54, 1.807) is 43.3 Å². The second kappa shape index (κ2) is 8.73. The van der Waals surface area contributed by atoms with Crippen LogP contribution in [0.5, 0.6) is 5.75 Å². The number of aryl methyl sites for hydroxylation is 1. The first-order chi connectivity index (χ1) is 15.5. The van der Waals surface area contributed by atoms with Crippen molar-refractivity contribution in [3.05, 3.63) is 80.7 Å². The lowest BCUT2D eigenvalue weighted by molar-refractivity contribution is -0.147. The number of hydrogen-bond acceptors (Lipinski definition) is 8. The van der Waals surface area contributed by atoms with Crippen LogP contribution in [0.4, 0.5) is 0 Å². The van der Waals surface area contributed by atoms with Crippen molar-refractivity contribution in [2.75, 3.05) is 6.61 Å². The van der Waals surface area contributed by atoms with Crippen LogP contribution in [0.2, 0.25) is 0 Å². The number of fused-ring (bicyclic) bond motifs is 2. The summed E-state index contributed by atoms with van der Waals surface area (Å²) in [5, 5.41) is 10.2. The highest BCUT2D eigenvalue weighted by atomic mass is 16.6. The maximum absolute atomic E-state index is 12.6. The van der Waals surface area contributed by atoms with Gasteiger partial charge in [0, 0.05) is 17.5 Å². The molecule has 0 aliphatic heterocycles. The molecule has 4 aromatic rings. The second-order valence-corrected chi connectivity index (χ2v) is 6.95. The predicted octanol–water partition coefficient (Wildman–Crippen LogP) is 2.46. The van der Waals surface area contributed by atoms with Gasteiger partial charge in [0.15, 0.2) is 12.4 Å². The highest BCUT2D eigenvalue weighted by Gasteiger charge is 2.13. The van der Waals surface area contributed by atoms with Crippen LogP contribution in [0.1, 0.15) is 11.4 Å². The number of ether oxygens (including phenoxy) is 2. The highest BCUT2D eigenvalue weighted by Crippen LogP contribution is 2.22. The first-order valence-electron chi connectivity index (χ1n) is 9.64. The summed E-state index contributed by atoms with van der Waals surface area (Å²) in [6.07, 6.45) is 0. The number of benzene rings is 2. The number of rotatable bonds is 6. The van der Waals surface area contributed by atoms with Gasteiger partial charge < -0.3 is 13.9 Å². The van der Waals surface area contributed by atoms with E-state index in [0.29, 0.717) is 22.2 Å². The summed E-state index contributed by atoms with van der Waals surface area (Å²) in [4.78, 5) is 40.7. The fourth-order valence-electron chi connectivity index (χ4n) is 3.28. The van der Waals surface area contributed by atoms with E-state index in [1.165, 1.54) is 16.7 Å². The van der Waals surface area contributed by atoms with Crippen molar-refractivity contribution in [2.45, 2.75) is 20.1 Å². The van der Waals surface area contributed by atoms with Gasteiger partial charge in [0.05, 0.1) is 17.0 Å². The van der Waals surface area contributed by atoms with Crippen molar-refractivity contribution < 1.29 is 18.7 Å². The van der Waals surface area contributed by atoms with E-state index in [2.05, 4.69) is 4.98 Å². The minimum Gasteiger partial charge on any atom is -0.482 e. The van der Waals surface area contributed by atoms with Gasteiger partial charge in [-0.1, -0.05) is 12.1 Å². The Balaban J connectivity index is 1.46. The molecule has 160 valence electrons. The molecule has 0 unspecified atom stereocenters. The number of hydrogen-bond donors (Lipinski definition) is 0. The lowest BCUT2D eigenvalue weighted by atomic mass is 10.1. The lowest BCUT2D eigenvalue weighted by Crippen LogP contribution is -2.26. The zero-order valence-electron chi connectivity index (χ0n) is 17.0. The maximum Gasteiger partial charge on any atom is 0.344 e. The topological polar surface area (TPSA) is 124 Å². The molecule has 0 atom stereocenters. The predicted molar refractivity (Wildman–Crippen MR) is 114 cm³/mol. The highest BCUT2D eigenvalue weighted by molar-refractivity contribution is 5.81. The van der Waals surface area contributed by atoms with Crippen molar-refractivity contribution in [1.29, 1.82) is 5.26 Å². The molecule has 0 radical (unpaired) electrons. The minimum absolute atomic E-state index is 0.159. The molecule has 9 nitrogen and oxygen atoms in total. The second-order valence-electron chi connectivity index (χ2n) is 6.95. The Morgan fingerprint density at radius 2 is 1.97 bits per heavy atom. The number of nitrogens with zero attached hydrogens (tertiary/aromatic N) is 3. The molecule has 0 amide bonds. The van der Waals surface area contributed by atoms with Gasteiger partial charge in [-0.2, -0.15) is 5.26 Å². The van der Waals surface area contributed by atoms with Crippen LogP contribution in [0.3, 0.4) is 0 Å². The summed E-state index contributed by atoms with van der Waals surface area (Å²) in [5.41, 5.74) is 0.711. The molecule has 9 heteroatoms. The molecule has 2 aromatic heterocycles. The Morgan fingerprint density at radius 1 is 1.16 bits per heavy atom. The summed E-state index contributed by atoms with van der Waals surface area (Å²) in [7, 11) is 0. The molecule has 0 bridgehead atoms. The van der Waals surface area contributed by atoms with E-state index < -0.39 is 18.2 Å². The van der Waals surface area contributed by atoms with Crippen molar-refractivity contribution in [1.82, 2.24) is 9.55 Å². The Kier molecular flexibility index (Phi) is 5.68. The number of para-hydroxylation sites is 1. The monoisotopic (exact) mass is 431 g/mol. The number of carbonyl (C=O) groups is 1. The summed E-state index contributed by atoms with van der Waals surface area (Å²) < 4.78 is 17.0. The van der Waals surface area contributed by atoms with Crippen molar-refractivity contribution in [3.8, 4) is 11.8 Å². The molecule has 0 N–H and O–H groups in total. The quantitative estimate of drug-likeness (QED) is 0.337. The van der Waals surface area contributed by atoms with E-state index in [1.807, 2.05) is 6.07 Å². The largest absolute Gasteiger partial charge is 0.482 e. The van der Waals surface area contributed by atoms with Crippen LogP contribution in [-0.2, 0) is 22.7 Å². The van der Waals surface area contributed by atoms with Crippen molar-refractivity contribution in [2.24, 2.45) is 0 Å². The molecule has 0 aliphatic carbocycles. The zero-order valence-corrected chi connectivity index (χ0v) is 17.0. The Hall–Kier alpha value is -4.45. The van der Waals surface area contributed by atoms with Crippen LogP contribution < -0.4 is 15.9 Å². The average molecular weight is 431 g/mol. The van der Waals surface area contributed by atoms with E-state index >= 15 is 0 Å². The fraction of sp³-hybridized carbons (Fsp3) is 0.174. The molecular formula is C23H17N3O6. The summed E-state index contributed by atoms with van der Waals surface area (Å²) in [5.74, 6) is -0.207. The standard InChI is InChI=1S/C23H17N3O6/c1-14-10-21(27)32-19-11-15(6-7-16(14)19)30-13-22(28)31-12-20-25-18-5-3-2-4-17(18)23(29)26(20)9-8-24/h2-7,10-11H,9,12-13H2,1H3. The molecule has 0 saturated carbocycles. The lowest BCUT2D eigenvalue weighted by Gasteiger charge is -2.12. The third-order valence-corrected chi connectivity index (χ3v) is 4.81. The van der Waals surface area contributed by atoms with Gasteiger partial charge >= 0.3 is 11.6 Å². The van der Waals surface area contributed by atoms with E-state index in [4.69, 9.17) is 19.2 Å². The van der Waals surface area contributed by atoms with Gasteiger partial charge in [-0.3, -0.25) is 9.36 Å². The van der Waals surface area contributed by atoms with Crippen LogP contribution in [0.15, 0.2) is 62.5 Å². The van der Waals surface area contributed by atoms with Gasteiger partial charge in [-0.15, -0.1) is 0 Å². The first kappa shape index (κ1) is 20.8. The number of nitriles is 1. The molecular weight excluding hydrogens is 414 g/mol. The summed E-state index contributed by atoms with van der Waals surface area (Å²) in [6, 6.07) is 14.9. The van der Waals surface area contributed by atoms with E-state index in [9.17, 15) is 14.4 Å². The van der Waals surface area contributed by atoms with Crippen LogP contribution in [-0.4, -0.2) is 22.1 Å². The summed E-state index contributed by atoms with van der Waals surface area (Å²) >= 11 is 0. The zero-order chi connectivity index (χ0) is 22.7. The van der Waals surface area contributed by atoms with E-state index in [0.717, 1.165) is 10.9 Å². The van der Waals surface area contributed by atoms with Crippen LogP contribution in [0, 0.1) is 18.3 Å². The molecule has 0 saturated heterocycles. The molecule has 0 spiro atoms. The number of aromatic nitrogens is 2. The van der Waals surface area contributed by atoms with Gasteiger partial charge in [-0.25, -0.2) is 14.6 Å². The number of esters is 1. The molecule has 32 heavy (non-hydrogen) atoms. The van der Waals surface area contributed by atoms with Crippen molar-refractivity contribution in [3.63, 3.8) is 0 Å². The van der Waals surface area contributed by atoms with Crippen molar-refractivity contribution >= 4 is 27.8 Å². The molecule has 0 fully saturated rings. The van der Waals surface area contributed by atoms with Crippen LogP contribution in [0.25, 0.3) is 21.9 Å². The number of carbonyl (C=O) groups excluding carboxylic acids is 1. The average Bonchev–Trinajstić information content (AvgIpc) is 2.78. The minimum atomic E-state index is -0.693.